The van der Waals surface area contributed by atoms with Crippen LogP contribution in [0.25, 0.3) is 0 Å². The Labute approximate surface area is 191 Å². The zero-order chi connectivity index (χ0) is 22.4. The molecule has 0 amide bonds. The molecule has 2 aliphatic heterocycles. The molecule has 0 bridgehead atoms. The number of aliphatic hydroxyl groups is 1. The molecular formula is C24H38N3O5. The van der Waals surface area contributed by atoms with Gasteiger partial charge in [0.1, 0.15) is 24.6 Å². The molecule has 8 nitrogen and oxygen atoms in total. The number of ether oxygens (including phenoxy) is 4. The van der Waals surface area contributed by atoms with E-state index in [-0.39, 0.29) is 24.9 Å². The fraction of sp³-hybridized carbons (Fsp3) is 0.708. The minimum absolute atomic E-state index is 0.0239. The highest BCUT2D eigenvalue weighted by Gasteiger charge is 2.47. The van der Waals surface area contributed by atoms with E-state index >= 15 is 0 Å². The summed E-state index contributed by atoms with van der Waals surface area (Å²) in [6, 6.07) is 7.82. The molecule has 0 aromatic heterocycles. The maximum absolute atomic E-state index is 10.2. The van der Waals surface area contributed by atoms with Crippen molar-refractivity contribution in [2.24, 2.45) is 5.73 Å². The van der Waals surface area contributed by atoms with Gasteiger partial charge in [-0.3, -0.25) is 4.90 Å². The summed E-state index contributed by atoms with van der Waals surface area (Å²) in [7, 11) is 0. The number of nitrogens with one attached hydrogen (secondary N) is 1. The summed E-state index contributed by atoms with van der Waals surface area (Å²) in [5, 5.41) is 13.5. The quantitative estimate of drug-likeness (QED) is 0.492. The summed E-state index contributed by atoms with van der Waals surface area (Å²) in [6.45, 7) is 9.68. The molecule has 2 heterocycles. The van der Waals surface area contributed by atoms with Gasteiger partial charge < -0.3 is 35.1 Å². The van der Waals surface area contributed by atoms with Crippen LogP contribution in [0.2, 0.25) is 0 Å². The van der Waals surface area contributed by atoms with Gasteiger partial charge in [-0.25, -0.2) is 0 Å². The van der Waals surface area contributed by atoms with Crippen LogP contribution >= 0.6 is 0 Å². The van der Waals surface area contributed by atoms with Gasteiger partial charge in [0.25, 0.3) is 0 Å². The van der Waals surface area contributed by atoms with Crippen molar-refractivity contribution < 1.29 is 24.1 Å². The Hall–Kier alpha value is -1.26. The lowest BCUT2D eigenvalue weighted by Gasteiger charge is -2.29. The van der Waals surface area contributed by atoms with Crippen molar-refractivity contribution in [2.45, 2.75) is 55.8 Å². The van der Waals surface area contributed by atoms with E-state index in [0.29, 0.717) is 18.8 Å². The van der Waals surface area contributed by atoms with Crippen molar-refractivity contribution in [2.75, 3.05) is 52.5 Å². The number of morpholine rings is 1. The molecule has 1 aromatic carbocycles. The molecule has 1 saturated carbocycles. The molecule has 3 aliphatic rings. The molecule has 3 fully saturated rings. The largest absolute Gasteiger partial charge is 0.491 e. The number of nitrogens with two attached hydrogens (primary N) is 1. The van der Waals surface area contributed by atoms with Crippen molar-refractivity contribution >= 4 is 0 Å². The average Bonchev–Trinajstić information content (AvgIpc) is 3.39. The summed E-state index contributed by atoms with van der Waals surface area (Å²) in [6.07, 6.45) is 3.21. The standard InChI is InChI=1S/C24H38N3O5/c1-18-23(32-24(31-18)8-2-3-9-24)19-4-6-22(7-5-19)30-17-21(28)15-26-14-20(25)16-27-10-12-29-13-11-27/h4-7,18,20-21,23,26,28H,1-3,8-17,25H2. The van der Waals surface area contributed by atoms with Crippen molar-refractivity contribution in [3.8, 4) is 5.75 Å². The third kappa shape index (κ3) is 6.41. The van der Waals surface area contributed by atoms with E-state index in [0.717, 1.165) is 64.1 Å². The van der Waals surface area contributed by atoms with Crippen LogP contribution in [0.4, 0.5) is 0 Å². The lowest BCUT2D eigenvalue weighted by atomic mass is 10.1. The van der Waals surface area contributed by atoms with E-state index in [9.17, 15) is 5.11 Å². The fourth-order valence-corrected chi connectivity index (χ4v) is 4.73. The van der Waals surface area contributed by atoms with Crippen LogP contribution in [0, 0.1) is 6.92 Å². The zero-order valence-corrected chi connectivity index (χ0v) is 18.9. The smallest absolute Gasteiger partial charge is 0.169 e. The first-order valence-electron chi connectivity index (χ1n) is 11.9. The van der Waals surface area contributed by atoms with E-state index in [4.69, 9.17) is 24.7 Å². The normalized spacial score (nSPS) is 27.6. The third-order valence-electron chi connectivity index (χ3n) is 6.44. The van der Waals surface area contributed by atoms with E-state index < -0.39 is 11.9 Å². The lowest BCUT2D eigenvalue weighted by Crippen LogP contribution is -2.48. The maximum Gasteiger partial charge on any atom is 0.169 e. The summed E-state index contributed by atoms with van der Waals surface area (Å²) in [5.41, 5.74) is 7.23. The van der Waals surface area contributed by atoms with Gasteiger partial charge in [0, 0.05) is 51.6 Å². The van der Waals surface area contributed by atoms with E-state index in [1.807, 2.05) is 24.3 Å². The molecule has 4 rings (SSSR count). The van der Waals surface area contributed by atoms with Gasteiger partial charge in [-0.2, -0.15) is 0 Å². The van der Waals surface area contributed by atoms with Gasteiger partial charge in [0.05, 0.1) is 19.3 Å². The molecule has 8 heteroatoms. The number of rotatable bonds is 10. The molecule has 2 saturated heterocycles. The Kier molecular flexibility index (Phi) is 8.39. The summed E-state index contributed by atoms with van der Waals surface area (Å²) in [4.78, 5) is 2.31. The third-order valence-corrected chi connectivity index (χ3v) is 6.44. The second kappa shape index (κ2) is 11.2. The van der Waals surface area contributed by atoms with E-state index in [1.54, 1.807) is 0 Å². The summed E-state index contributed by atoms with van der Waals surface area (Å²) >= 11 is 0. The molecule has 4 unspecified atom stereocenters. The first kappa shape index (κ1) is 23.9. The Morgan fingerprint density at radius 3 is 2.59 bits per heavy atom. The van der Waals surface area contributed by atoms with E-state index in [1.165, 1.54) is 0 Å². The molecule has 1 aliphatic carbocycles. The van der Waals surface area contributed by atoms with Gasteiger partial charge in [0.2, 0.25) is 0 Å². The van der Waals surface area contributed by atoms with Gasteiger partial charge in [-0.1, -0.05) is 12.1 Å². The topological polar surface area (TPSA) is 98.4 Å². The number of aliphatic hydroxyl groups excluding tert-OH is 1. The van der Waals surface area contributed by atoms with Crippen LogP contribution in [0.3, 0.4) is 0 Å². The number of nitrogens with zero attached hydrogens (tertiary/aromatic N) is 1. The highest BCUT2D eigenvalue weighted by molar-refractivity contribution is 5.30. The Bertz CT molecular complexity index is 691. The maximum atomic E-state index is 10.2. The van der Waals surface area contributed by atoms with Crippen LogP contribution in [-0.4, -0.2) is 86.6 Å². The highest BCUT2D eigenvalue weighted by Crippen LogP contribution is 2.46. The van der Waals surface area contributed by atoms with Crippen LogP contribution in [0.5, 0.6) is 5.75 Å². The van der Waals surface area contributed by atoms with Gasteiger partial charge >= 0.3 is 0 Å². The molecule has 4 atom stereocenters. The van der Waals surface area contributed by atoms with Crippen LogP contribution in [0.1, 0.15) is 37.4 Å². The van der Waals surface area contributed by atoms with Crippen LogP contribution < -0.4 is 15.8 Å². The monoisotopic (exact) mass is 448 g/mol. The molecule has 1 aromatic rings. The lowest BCUT2D eigenvalue weighted by molar-refractivity contribution is -0.167. The Morgan fingerprint density at radius 1 is 1.16 bits per heavy atom. The molecule has 179 valence electrons. The van der Waals surface area contributed by atoms with Crippen molar-refractivity contribution in [1.29, 1.82) is 0 Å². The van der Waals surface area contributed by atoms with Crippen molar-refractivity contribution in [1.82, 2.24) is 10.2 Å². The van der Waals surface area contributed by atoms with E-state index in [2.05, 4.69) is 17.1 Å². The molecule has 1 spiro atoms. The zero-order valence-electron chi connectivity index (χ0n) is 18.9. The molecule has 32 heavy (non-hydrogen) atoms. The Balaban J connectivity index is 1.14. The minimum Gasteiger partial charge on any atom is -0.491 e. The van der Waals surface area contributed by atoms with Crippen molar-refractivity contribution in [3.63, 3.8) is 0 Å². The fourth-order valence-electron chi connectivity index (χ4n) is 4.73. The second-order valence-corrected chi connectivity index (χ2v) is 9.18. The average molecular weight is 449 g/mol. The van der Waals surface area contributed by atoms with Gasteiger partial charge in [0.15, 0.2) is 5.79 Å². The number of hydrogen-bond acceptors (Lipinski definition) is 8. The summed E-state index contributed by atoms with van der Waals surface area (Å²) < 4.78 is 23.4. The molecule has 4 N–H and O–H groups in total. The highest BCUT2D eigenvalue weighted by atomic mass is 16.8. The predicted octanol–water partition coefficient (Wildman–Crippen LogP) is 1.24. The van der Waals surface area contributed by atoms with Crippen LogP contribution in [-0.2, 0) is 14.2 Å². The number of benzene rings is 1. The van der Waals surface area contributed by atoms with Crippen molar-refractivity contribution in [3.05, 3.63) is 36.8 Å². The minimum atomic E-state index is -0.608. The summed E-state index contributed by atoms with van der Waals surface area (Å²) in [5.74, 6) is 0.278. The predicted molar refractivity (Wildman–Crippen MR) is 121 cm³/mol. The number of hydrogen-bond donors (Lipinski definition) is 3. The molecule has 1 radical (unpaired) electrons. The second-order valence-electron chi connectivity index (χ2n) is 9.18. The SMILES string of the molecule is [CH2]C1OC2(CCCC2)OC1c1ccc(OCC(O)CNCC(N)CN2CCOCC2)cc1. The van der Waals surface area contributed by atoms with Gasteiger partial charge in [-0.05, 0) is 37.5 Å². The first-order valence-corrected chi connectivity index (χ1v) is 11.9. The Morgan fingerprint density at radius 2 is 1.88 bits per heavy atom. The first-order chi connectivity index (χ1) is 15.5. The molecular weight excluding hydrogens is 410 g/mol. The van der Waals surface area contributed by atoms with Gasteiger partial charge in [-0.15, -0.1) is 0 Å². The van der Waals surface area contributed by atoms with Crippen LogP contribution in [0.15, 0.2) is 24.3 Å².